The molecule has 3 N–H and O–H groups in total. The average molecular weight is 489 g/mol. The smallest absolute Gasteiger partial charge is 0.407 e. The van der Waals surface area contributed by atoms with E-state index < -0.39 is 6.09 Å². The van der Waals surface area contributed by atoms with Crippen LogP contribution in [-0.4, -0.2) is 31.3 Å². The number of esters is 1. The zero-order chi connectivity index (χ0) is 25.9. The first-order chi connectivity index (χ1) is 17.4. The number of rotatable bonds is 11. The second-order valence-corrected chi connectivity index (χ2v) is 9.16. The van der Waals surface area contributed by atoms with Crippen molar-refractivity contribution in [3.63, 3.8) is 0 Å². The highest BCUT2D eigenvalue weighted by atomic mass is 16.5. The summed E-state index contributed by atoms with van der Waals surface area (Å²) in [7, 11) is 0. The molecule has 0 bridgehead atoms. The number of hydrogen-bond donors (Lipinski definition) is 2. The Morgan fingerprint density at radius 2 is 1.50 bits per heavy atom. The van der Waals surface area contributed by atoms with Gasteiger partial charge in [0.05, 0.1) is 19.1 Å². The number of ether oxygens (including phenoxy) is 2. The first-order valence-corrected chi connectivity index (χ1v) is 12.5. The zero-order valence-corrected chi connectivity index (χ0v) is 21.3. The van der Waals surface area contributed by atoms with E-state index in [1.807, 2.05) is 56.3 Å². The highest BCUT2D eigenvalue weighted by Gasteiger charge is 2.23. The second kappa shape index (κ2) is 13.3. The summed E-state index contributed by atoms with van der Waals surface area (Å²) in [4.78, 5) is 24.8. The third-order valence-electron chi connectivity index (χ3n) is 6.16. The van der Waals surface area contributed by atoms with Crippen LogP contribution < -0.4 is 11.1 Å². The van der Waals surface area contributed by atoms with Gasteiger partial charge in [-0.2, -0.15) is 0 Å². The van der Waals surface area contributed by atoms with Gasteiger partial charge in [-0.15, -0.1) is 0 Å². The Balaban J connectivity index is 1.57. The van der Waals surface area contributed by atoms with Crippen molar-refractivity contribution in [1.29, 1.82) is 0 Å². The number of hydrogen-bond acceptors (Lipinski definition) is 5. The summed E-state index contributed by atoms with van der Waals surface area (Å²) in [6.07, 6.45) is 0.490. The van der Waals surface area contributed by atoms with Crippen LogP contribution in [0, 0.1) is 5.92 Å². The molecule has 0 spiro atoms. The first-order valence-electron chi connectivity index (χ1n) is 12.5. The number of benzene rings is 3. The number of carbonyl (C=O) groups is 2. The topological polar surface area (TPSA) is 90.6 Å². The molecule has 6 nitrogen and oxygen atoms in total. The van der Waals surface area contributed by atoms with E-state index in [-0.39, 0.29) is 30.5 Å². The van der Waals surface area contributed by atoms with Crippen molar-refractivity contribution < 1.29 is 19.1 Å². The van der Waals surface area contributed by atoms with Crippen LogP contribution in [0.1, 0.15) is 44.2 Å². The largest absolute Gasteiger partial charge is 0.466 e. The fourth-order valence-electron chi connectivity index (χ4n) is 4.08. The summed E-state index contributed by atoms with van der Waals surface area (Å²) in [5.74, 6) is -0.594. The maximum Gasteiger partial charge on any atom is 0.407 e. The van der Waals surface area contributed by atoms with Gasteiger partial charge in [-0.1, -0.05) is 80.6 Å². The van der Waals surface area contributed by atoms with Gasteiger partial charge >= 0.3 is 12.1 Å². The Kier molecular flexibility index (Phi) is 9.92. The molecule has 0 radical (unpaired) electrons. The second-order valence-electron chi connectivity index (χ2n) is 9.16. The maximum atomic E-state index is 12.7. The SMILES string of the molecule is CCOC(=O)C(C)C[C@H](Cc1ccc(N)cc1)NC(=O)OCC(C)c1ccc(-c2ccccc2)cc1. The molecule has 0 aliphatic heterocycles. The Morgan fingerprint density at radius 3 is 2.14 bits per heavy atom. The summed E-state index contributed by atoms with van der Waals surface area (Å²) >= 11 is 0. The predicted octanol–water partition coefficient (Wildman–Crippen LogP) is 5.97. The van der Waals surface area contributed by atoms with Crippen molar-refractivity contribution in [2.45, 2.75) is 45.6 Å². The number of nitrogens with one attached hydrogen (secondary N) is 1. The predicted molar refractivity (Wildman–Crippen MR) is 144 cm³/mol. The minimum Gasteiger partial charge on any atom is -0.466 e. The van der Waals surface area contributed by atoms with E-state index in [4.69, 9.17) is 15.2 Å². The van der Waals surface area contributed by atoms with Gasteiger partial charge in [-0.25, -0.2) is 4.79 Å². The minimum absolute atomic E-state index is 0.0366. The lowest BCUT2D eigenvalue weighted by molar-refractivity contribution is -0.147. The third-order valence-corrected chi connectivity index (χ3v) is 6.16. The fraction of sp³-hybridized carbons (Fsp3) is 0.333. The van der Waals surface area contributed by atoms with Crippen molar-refractivity contribution in [3.05, 3.63) is 90.0 Å². The molecule has 2 unspecified atom stereocenters. The van der Waals surface area contributed by atoms with Gasteiger partial charge in [0.25, 0.3) is 0 Å². The monoisotopic (exact) mass is 488 g/mol. The quantitative estimate of drug-likeness (QED) is 0.256. The van der Waals surface area contributed by atoms with E-state index in [0.717, 1.165) is 22.3 Å². The number of amides is 1. The van der Waals surface area contributed by atoms with E-state index in [0.29, 0.717) is 25.1 Å². The van der Waals surface area contributed by atoms with Crippen LogP contribution in [0.3, 0.4) is 0 Å². The molecular formula is C30H36N2O4. The van der Waals surface area contributed by atoms with Gasteiger partial charge in [-0.05, 0) is 54.2 Å². The summed E-state index contributed by atoms with van der Waals surface area (Å²) in [5, 5.41) is 2.95. The van der Waals surface area contributed by atoms with E-state index in [2.05, 4.69) is 41.7 Å². The van der Waals surface area contributed by atoms with E-state index in [1.54, 1.807) is 6.92 Å². The molecule has 3 rings (SSSR count). The molecule has 0 aliphatic carbocycles. The molecule has 3 aromatic carbocycles. The van der Waals surface area contributed by atoms with Crippen molar-refractivity contribution in [2.24, 2.45) is 5.92 Å². The van der Waals surface area contributed by atoms with Gasteiger partial charge in [0, 0.05) is 17.6 Å². The summed E-state index contributed by atoms with van der Waals surface area (Å²) in [6, 6.07) is 25.7. The molecule has 0 saturated carbocycles. The Labute approximate surface area is 213 Å². The molecule has 1 amide bonds. The molecular weight excluding hydrogens is 452 g/mol. The van der Waals surface area contributed by atoms with Gasteiger partial charge in [0.2, 0.25) is 0 Å². The van der Waals surface area contributed by atoms with E-state index in [1.165, 1.54) is 0 Å². The minimum atomic E-state index is -0.501. The Hall–Kier alpha value is -3.80. The normalized spacial score (nSPS) is 13.3. The summed E-state index contributed by atoms with van der Waals surface area (Å²) in [6.45, 7) is 6.19. The Bertz CT molecular complexity index is 1100. The molecule has 3 aromatic rings. The van der Waals surface area contributed by atoms with Gasteiger partial charge in [0.15, 0.2) is 0 Å². The first kappa shape index (κ1) is 26.8. The standard InChI is InChI=1S/C30H36N2O4/c1-4-35-29(33)21(2)18-28(19-23-10-16-27(31)17-11-23)32-30(34)36-20-22(3)24-12-14-26(15-13-24)25-8-6-5-7-9-25/h5-17,21-22,28H,4,18-20,31H2,1-3H3,(H,32,34)/t21?,22?,28-/m1/s1. The van der Waals surface area contributed by atoms with Gasteiger partial charge in [-0.3, -0.25) is 4.79 Å². The lowest BCUT2D eigenvalue weighted by Crippen LogP contribution is -2.39. The number of alkyl carbamates (subject to hydrolysis) is 1. The zero-order valence-electron chi connectivity index (χ0n) is 21.3. The lowest BCUT2D eigenvalue weighted by Gasteiger charge is -2.22. The van der Waals surface area contributed by atoms with Crippen molar-refractivity contribution >= 4 is 17.7 Å². The van der Waals surface area contributed by atoms with E-state index >= 15 is 0 Å². The molecule has 0 aliphatic rings. The van der Waals surface area contributed by atoms with E-state index in [9.17, 15) is 9.59 Å². The maximum absolute atomic E-state index is 12.7. The number of carbonyl (C=O) groups excluding carboxylic acids is 2. The number of nitrogens with two attached hydrogens (primary N) is 1. The molecule has 3 atom stereocenters. The van der Waals surface area contributed by atoms with Crippen LogP contribution in [-0.2, 0) is 20.7 Å². The van der Waals surface area contributed by atoms with Crippen LogP contribution in [0.15, 0.2) is 78.9 Å². The number of nitrogen functional groups attached to an aromatic ring is 1. The molecule has 6 heteroatoms. The number of anilines is 1. The van der Waals surface area contributed by atoms with Crippen LogP contribution in [0.4, 0.5) is 10.5 Å². The van der Waals surface area contributed by atoms with Gasteiger partial charge < -0.3 is 20.5 Å². The van der Waals surface area contributed by atoms with Crippen LogP contribution >= 0.6 is 0 Å². The highest BCUT2D eigenvalue weighted by molar-refractivity contribution is 5.72. The van der Waals surface area contributed by atoms with Crippen molar-refractivity contribution in [3.8, 4) is 11.1 Å². The van der Waals surface area contributed by atoms with Crippen molar-refractivity contribution in [2.75, 3.05) is 18.9 Å². The molecule has 0 saturated heterocycles. The molecule has 36 heavy (non-hydrogen) atoms. The molecule has 0 heterocycles. The van der Waals surface area contributed by atoms with Gasteiger partial charge in [0.1, 0.15) is 0 Å². The fourth-order valence-corrected chi connectivity index (χ4v) is 4.08. The molecule has 0 fully saturated rings. The lowest BCUT2D eigenvalue weighted by atomic mass is 9.96. The van der Waals surface area contributed by atoms with Crippen molar-refractivity contribution in [1.82, 2.24) is 5.32 Å². The summed E-state index contributed by atoms with van der Waals surface area (Å²) in [5.41, 5.74) is 10.9. The average Bonchev–Trinajstić information content (AvgIpc) is 2.89. The highest BCUT2D eigenvalue weighted by Crippen LogP contribution is 2.23. The Morgan fingerprint density at radius 1 is 0.861 bits per heavy atom. The van der Waals surface area contributed by atoms with Crippen LogP contribution in [0.5, 0.6) is 0 Å². The molecule has 190 valence electrons. The van der Waals surface area contributed by atoms with Crippen LogP contribution in [0.2, 0.25) is 0 Å². The summed E-state index contributed by atoms with van der Waals surface area (Å²) < 4.78 is 10.7. The van der Waals surface area contributed by atoms with Crippen LogP contribution in [0.25, 0.3) is 11.1 Å². The third kappa shape index (κ3) is 8.15. The molecule has 0 aromatic heterocycles.